The van der Waals surface area contributed by atoms with Gasteiger partial charge in [-0.15, -0.1) is 11.3 Å². The number of hydrogen-bond donors (Lipinski definition) is 0. The average molecular weight is 410 g/mol. The van der Waals surface area contributed by atoms with Crippen molar-refractivity contribution in [2.75, 3.05) is 13.7 Å². The van der Waals surface area contributed by atoms with Crippen molar-refractivity contribution in [3.05, 3.63) is 92.4 Å². The standard InChI is InChI=1S/C22H22N2O4S/c1-3-22(27-2,21-23-13-15-29-21)18-7-4-8-20(16-18)28-14-5-6-17-9-11-19(12-10-17)24(25)26/h4-13,15-16H,3,14H2,1-2H3. The van der Waals surface area contributed by atoms with Crippen LogP contribution < -0.4 is 4.74 Å². The maximum atomic E-state index is 10.7. The molecule has 0 N–H and O–H groups in total. The molecule has 1 atom stereocenters. The summed E-state index contributed by atoms with van der Waals surface area (Å²) in [7, 11) is 1.70. The molecule has 3 rings (SSSR count). The van der Waals surface area contributed by atoms with Crippen LogP contribution in [0.15, 0.2) is 66.2 Å². The van der Waals surface area contributed by atoms with Crippen molar-refractivity contribution in [2.45, 2.75) is 18.9 Å². The van der Waals surface area contributed by atoms with Crippen LogP contribution >= 0.6 is 11.3 Å². The van der Waals surface area contributed by atoms with Gasteiger partial charge >= 0.3 is 0 Å². The van der Waals surface area contributed by atoms with Crippen LogP contribution in [0.1, 0.15) is 29.5 Å². The fourth-order valence-corrected chi connectivity index (χ4v) is 4.03. The van der Waals surface area contributed by atoms with Crippen molar-refractivity contribution in [2.24, 2.45) is 0 Å². The van der Waals surface area contributed by atoms with Gasteiger partial charge < -0.3 is 9.47 Å². The third kappa shape index (κ3) is 4.70. The lowest BCUT2D eigenvalue weighted by molar-refractivity contribution is -0.384. The van der Waals surface area contributed by atoms with E-state index in [2.05, 4.69) is 11.9 Å². The smallest absolute Gasteiger partial charge is 0.269 e. The number of nitrogens with zero attached hydrogens (tertiary/aromatic N) is 2. The van der Waals surface area contributed by atoms with Crippen LogP contribution in [-0.4, -0.2) is 23.6 Å². The Hall–Kier alpha value is -3.03. The molecule has 3 aromatic rings. The Morgan fingerprint density at radius 1 is 1.24 bits per heavy atom. The maximum Gasteiger partial charge on any atom is 0.269 e. The second-order valence-electron chi connectivity index (χ2n) is 6.31. The van der Waals surface area contributed by atoms with E-state index in [1.54, 1.807) is 36.8 Å². The van der Waals surface area contributed by atoms with Crippen LogP contribution in [-0.2, 0) is 10.3 Å². The van der Waals surface area contributed by atoms with Gasteiger partial charge in [0.05, 0.1) is 4.92 Å². The Kier molecular flexibility index (Phi) is 6.74. The molecular formula is C22H22N2O4S. The molecule has 0 aliphatic carbocycles. The van der Waals surface area contributed by atoms with Crippen LogP contribution in [0.4, 0.5) is 5.69 Å². The lowest BCUT2D eigenvalue weighted by atomic mass is 9.91. The Bertz CT molecular complexity index is 965. The molecule has 0 aliphatic heterocycles. The summed E-state index contributed by atoms with van der Waals surface area (Å²) in [5, 5.41) is 13.6. The molecule has 0 fully saturated rings. The highest BCUT2D eigenvalue weighted by atomic mass is 32.1. The monoisotopic (exact) mass is 410 g/mol. The van der Waals surface area contributed by atoms with Crippen LogP contribution in [0, 0.1) is 10.1 Å². The van der Waals surface area contributed by atoms with Gasteiger partial charge in [0.25, 0.3) is 5.69 Å². The fourth-order valence-electron chi connectivity index (χ4n) is 3.12. The van der Waals surface area contributed by atoms with Gasteiger partial charge in [-0.2, -0.15) is 0 Å². The Morgan fingerprint density at radius 3 is 2.66 bits per heavy atom. The lowest BCUT2D eigenvalue weighted by Gasteiger charge is -2.30. The molecule has 7 heteroatoms. The van der Waals surface area contributed by atoms with E-state index >= 15 is 0 Å². The summed E-state index contributed by atoms with van der Waals surface area (Å²) in [5.41, 5.74) is 1.35. The highest BCUT2D eigenvalue weighted by molar-refractivity contribution is 7.09. The molecule has 0 aliphatic rings. The van der Waals surface area contributed by atoms with Gasteiger partial charge in [-0.05, 0) is 47.9 Å². The largest absolute Gasteiger partial charge is 0.490 e. The number of nitro groups is 1. The van der Waals surface area contributed by atoms with Gasteiger partial charge in [-0.1, -0.05) is 25.1 Å². The van der Waals surface area contributed by atoms with Crippen LogP contribution in [0.2, 0.25) is 0 Å². The summed E-state index contributed by atoms with van der Waals surface area (Å²) in [6.45, 7) is 2.45. The number of aromatic nitrogens is 1. The van der Waals surface area contributed by atoms with Crippen LogP contribution in [0.25, 0.3) is 6.08 Å². The molecule has 1 aromatic heterocycles. The molecule has 0 spiro atoms. The van der Waals surface area contributed by atoms with E-state index in [0.29, 0.717) is 6.61 Å². The Balaban J connectivity index is 1.69. The molecule has 0 saturated carbocycles. The summed E-state index contributed by atoms with van der Waals surface area (Å²) in [4.78, 5) is 14.8. The quantitative estimate of drug-likeness (QED) is 0.347. The fraction of sp³-hybridized carbons (Fsp3) is 0.227. The average Bonchev–Trinajstić information content (AvgIpc) is 3.29. The van der Waals surface area contributed by atoms with Gasteiger partial charge in [0.2, 0.25) is 0 Å². The van der Waals surface area contributed by atoms with E-state index in [1.165, 1.54) is 12.1 Å². The van der Waals surface area contributed by atoms with Crippen molar-refractivity contribution in [3.63, 3.8) is 0 Å². The summed E-state index contributed by atoms with van der Waals surface area (Å²) >= 11 is 1.57. The van der Waals surface area contributed by atoms with Crippen molar-refractivity contribution >= 4 is 23.1 Å². The first-order valence-corrected chi connectivity index (χ1v) is 10.1. The van der Waals surface area contributed by atoms with Gasteiger partial charge in [-0.25, -0.2) is 4.98 Å². The second kappa shape index (κ2) is 9.45. The molecule has 29 heavy (non-hydrogen) atoms. The molecule has 0 bridgehead atoms. The number of ether oxygens (including phenoxy) is 2. The molecule has 6 nitrogen and oxygen atoms in total. The minimum Gasteiger partial charge on any atom is -0.490 e. The van der Waals surface area contributed by atoms with Crippen molar-refractivity contribution < 1.29 is 14.4 Å². The van der Waals surface area contributed by atoms with E-state index in [0.717, 1.165) is 28.3 Å². The van der Waals surface area contributed by atoms with Gasteiger partial charge in [0.15, 0.2) is 0 Å². The number of nitro benzene ring substituents is 1. The third-order valence-corrected chi connectivity index (χ3v) is 5.60. The van der Waals surface area contributed by atoms with Gasteiger partial charge in [-0.3, -0.25) is 10.1 Å². The van der Waals surface area contributed by atoms with Crippen LogP contribution in [0.3, 0.4) is 0 Å². The predicted octanol–water partition coefficient (Wildman–Crippen LogP) is 5.44. The van der Waals surface area contributed by atoms with Gasteiger partial charge in [0, 0.05) is 30.8 Å². The zero-order chi connectivity index (χ0) is 20.7. The molecule has 1 unspecified atom stereocenters. The summed E-state index contributed by atoms with van der Waals surface area (Å²) in [6.07, 6.45) is 6.28. The van der Waals surface area contributed by atoms with Crippen molar-refractivity contribution in [3.8, 4) is 5.75 Å². The minimum atomic E-state index is -0.595. The first kappa shape index (κ1) is 20.7. The summed E-state index contributed by atoms with van der Waals surface area (Å²) < 4.78 is 11.8. The number of non-ortho nitro benzene ring substituents is 1. The minimum absolute atomic E-state index is 0.0768. The molecule has 0 saturated heterocycles. The van der Waals surface area contributed by atoms with Crippen molar-refractivity contribution in [1.29, 1.82) is 0 Å². The molecule has 1 heterocycles. The number of hydrogen-bond acceptors (Lipinski definition) is 6. The number of methoxy groups -OCH3 is 1. The first-order valence-electron chi connectivity index (χ1n) is 9.18. The summed E-state index contributed by atoms with van der Waals surface area (Å²) in [5.74, 6) is 0.738. The van der Waals surface area contributed by atoms with E-state index in [4.69, 9.17) is 9.47 Å². The molecule has 150 valence electrons. The normalized spacial score (nSPS) is 13.3. The van der Waals surface area contributed by atoms with Crippen molar-refractivity contribution in [1.82, 2.24) is 4.98 Å². The predicted molar refractivity (Wildman–Crippen MR) is 114 cm³/mol. The number of rotatable bonds is 9. The van der Waals surface area contributed by atoms with E-state index in [1.807, 2.05) is 41.8 Å². The molecular weight excluding hydrogens is 388 g/mol. The highest BCUT2D eigenvalue weighted by Gasteiger charge is 2.35. The van der Waals surface area contributed by atoms with Gasteiger partial charge in [0.1, 0.15) is 23.0 Å². The Morgan fingerprint density at radius 2 is 2.03 bits per heavy atom. The topological polar surface area (TPSA) is 74.5 Å². The molecule has 0 radical (unpaired) electrons. The van der Waals surface area contributed by atoms with Crippen LogP contribution in [0.5, 0.6) is 5.75 Å². The zero-order valence-electron chi connectivity index (χ0n) is 16.3. The number of thiazole rings is 1. The van der Waals surface area contributed by atoms with E-state index in [-0.39, 0.29) is 5.69 Å². The molecule has 0 amide bonds. The lowest BCUT2D eigenvalue weighted by Crippen LogP contribution is -2.29. The van der Waals surface area contributed by atoms with E-state index in [9.17, 15) is 10.1 Å². The highest BCUT2D eigenvalue weighted by Crippen LogP contribution is 2.38. The Labute approximate surface area is 173 Å². The SMILES string of the molecule is CCC(OC)(c1cccc(OCC=Cc2ccc([N+](=O)[O-])cc2)c1)c1nccs1. The number of benzene rings is 2. The zero-order valence-corrected chi connectivity index (χ0v) is 17.1. The summed E-state index contributed by atoms with van der Waals surface area (Å²) in [6, 6.07) is 14.2. The maximum absolute atomic E-state index is 10.7. The van der Waals surface area contributed by atoms with E-state index < -0.39 is 10.5 Å². The second-order valence-corrected chi connectivity index (χ2v) is 7.21. The third-order valence-electron chi connectivity index (χ3n) is 4.68. The first-order chi connectivity index (χ1) is 14.1. The molecule has 2 aromatic carbocycles.